The summed E-state index contributed by atoms with van der Waals surface area (Å²) in [6.45, 7) is 0. The first kappa shape index (κ1) is 8.74. The Labute approximate surface area is 80.5 Å². The second kappa shape index (κ2) is 3.88. The number of halogens is 2. The normalized spacial score (nSPS) is 10.7. The van der Waals surface area contributed by atoms with Gasteiger partial charge in [-0.15, -0.1) is 0 Å². The van der Waals surface area contributed by atoms with Gasteiger partial charge in [-0.1, -0.05) is 0 Å². The van der Waals surface area contributed by atoms with Gasteiger partial charge in [0.05, 0.1) is 4.47 Å². The minimum absolute atomic E-state index is 0.628. The molecule has 1 aromatic heterocycles. The number of hydrogen-bond donors (Lipinski definition) is 0. The van der Waals surface area contributed by atoms with Gasteiger partial charge < -0.3 is 4.42 Å². The molecule has 0 aliphatic heterocycles. The van der Waals surface area contributed by atoms with Crippen molar-refractivity contribution in [3.63, 3.8) is 0 Å². The Bertz CT molecular complexity index is 269. The molecule has 1 rings (SSSR count). The zero-order valence-corrected chi connectivity index (χ0v) is 8.55. The predicted octanol–water partition coefficient (Wildman–Crippen LogP) is 3.02. The van der Waals surface area contributed by atoms with Crippen LogP contribution in [0.15, 0.2) is 25.7 Å². The second-order valence-electron chi connectivity index (χ2n) is 1.77. The van der Waals surface area contributed by atoms with Gasteiger partial charge in [-0.25, -0.2) is 0 Å². The molecule has 0 spiro atoms. The Balaban J connectivity index is 2.88. The van der Waals surface area contributed by atoms with Gasteiger partial charge in [0.1, 0.15) is 12.0 Å². The first-order valence-corrected chi connectivity index (χ1v) is 4.39. The van der Waals surface area contributed by atoms with Crippen molar-refractivity contribution in [2.75, 3.05) is 0 Å². The van der Waals surface area contributed by atoms with E-state index < -0.39 is 0 Å². The summed E-state index contributed by atoms with van der Waals surface area (Å²) in [5.41, 5.74) is 0. The van der Waals surface area contributed by atoms with E-state index in [1.54, 1.807) is 12.1 Å². The number of allylic oxidation sites excluding steroid dienone is 1. The highest BCUT2D eigenvalue weighted by Crippen LogP contribution is 2.27. The Morgan fingerprint density at radius 2 is 2.18 bits per heavy atom. The molecule has 4 heteroatoms. The lowest BCUT2D eigenvalue weighted by Crippen LogP contribution is -1.61. The Morgan fingerprint density at radius 3 is 2.64 bits per heavy atom. The summed E-state index contributed by atoms with van der Waals surface area (Å²) >= 11 is 6.42. The maximum atomic E-state index is 9.92. The zero-order valence-electron chi connectivity index (χ0n) is 5.38. The lowest BCUT2D eigenvalue weighted by atomic mass is 10.4. The highest BCUT2D eigenvalue weighted by Gasteiger charge is 2.01. The van der Waals surface area contributed by atoms with E-state index in [1.807, 2.05) is 0 Å². The molecule has 0 amide bonds. The maximum absolute atomic E-state index is 9.92. The highest BCUT2D eigenvalue weighted by atomic mass is 79.9. The Hall–Kier alpha value is -0.350. The topological polar surface area (TPSA) is 30.2 Å². The average molecular weight is 280 g/mol. The van der Waals surface area contributed by atoms with Crippen LogP contribution in [-0.2, 0) is 4.79 Å². The summed E-state index contributed by atoms with van der Waals surface area (Å²) in [5.74, 6) is 0.635. The molecule has 0 unspecified atom stereocenters. The molecule has 0 radical (unpaired) electrons. The molecule has 0 bridgehead atoms. The zero-order chi connectivity index (χ0) is 8.27. The molecule has 0 aliphatic carbocycles. The Morgan fingerprint density at radius 1 is 1.45 bits per heavy atom. The van der Waals surface area contributed by atoms with Gasteiger partial charge in [0, 0.05) is 0 Å². The lowest BCUT2D eigenvalue weighted by Gasteiger charge is -1.79. The minimum Gasteiger partial charge on any atom is -0.449 e. The third-order valence-corrected chi connectivity index (χ3v) is 2.71. The molecule has 0 atom stereocenters. The van der Waals surface area contributed by atoms with Crippen LogP contribution >= 0.6 is 31.9 Å². The quantitative estimate of drug-likeness (QED) is 0.615. The number of hydrogen-bond acceptors (Lipinski definition) is 2. The summed E-state index contributed by atoms with van der Waals surface area (Å²) in [6, 6.07) is 1.77. The van der Waals surface area contributed by atoms with E-state index in [-0.39, 0.29) is 0 Å². The van der Waals surface area contributed by atoms with E-state index in [0.717, 1.165) is 4.47 Å². The standard InChI is InChI=1S/C7H4Br2O2/c8-6-4-5(2-1-3-10)11-7(6)9/h1-4H. The fourth-order valence-corrected chi connectivity index (χ4v) is 1.19. The highest BCUT2D eigenvalue weighted by molar-refractivity contribution is 9.13. The van der Waals surface area contributed by atoms with Crippen LogP contribution in [0.5, 0.6) is 0 Å². The van der Waals surface area contributed by atoms with Crippen molar-refractivity contribution in [2.24, 2.45) is 0 Å². The monoisotopic (exact) mass is 278 g/mol. The third kappa shape index (κ3) is 2.31. The molecule has 2 nitrogen and oxygen atoms in total. The number of aldehydes is 1. The largest absolute Gasteiger partial charge is 0.449 e. The molecule has 0 aliphatic rings. The Kier molecular flexibility index (Phi) is 3.08. The summed E-state index contributed by atoms with van der Waals surface area (Å²) in [5, 5.41) is 0. The summed E-state index contributed by atoms with van der Waals surface area (Å²) in [4.78, 5) is 9.92. The van der Waals surface area contributed by atoms with Gasteiger partial charge in [0.15, 0.2) is 4.67 Å². The van der Waals surface area contributed by atoms with Crippen LogP contribution in [0.25, 0.3) is 6.08 Å². The first-order chi connectivity index (χ1) is 5.24. The van der Waals surface area contributed by atoms with Crippen molar-refractivity contribution in [1.82, 2.24) is 0 Å². The van der Waals surface area contributed by atoms with Gasteiger partial charge in [-0.2, -0.15) is 0 Å². The molecule has 0 saturated carbocycles. The lowest BCUT2D eigenvalue weighted by molar-refractivity contribution is -0.104. The second-order valence-corrected chi connectivity index (χ2v) is 3.34. The SMILES string of the molecule is O=CC=Cc1cc(Br)c(Br)o1. The van der Waals surface area contributed by atoms with Crippen molar-refractivity contribution in [1.29, 1.82) is 0 Å². The summed E-state index contributed by atoms with van der Waals surface area (Å²) in [7, 11) is 0. The molecule has 1 heterocycles. The van der Waals surface area contributed by atoms with Gasteiger partial charge in [-0.05, 0) is 50.1 Å². The van der Waals surface area contributed by atoms with E-state index >= 15 is 0 Å². The molecule has 0 N–H and O–H groups in total. The van der Waals surface area contributed by atoms with Crippen LogP contribution in [0.4, 0.5) is 0 Å². The van der Waals surface area contributed by atoms with Crippen LogP contribution in [0.3, 0.4) is 0 Å². The smallest absolute Gasteiger partial charge is 0.184 e. The fourth-order valence-electron chi connectivity index (χ4n) is 0.580. The van der Waals surface area contributed by atoms with Crippen LogP contribution in [0, 0.1) is 0 Å². The molecule has 1 aromatic rings. The van der Waals surface area contributed by atoms with E-state index in [4.69, 9.17) is 4.42 Å². The van der Waals surface area contributed by atoms with Crippen molar-refractivity contribution in [2.45, 2.75) is 0 Å². The minimum atomic E-state index is 0.628. The summed E-state index contributed by atoms with van der Waals surface area (Å²) in [6.07, 6.45) is 3.66. The van der Waals surface area contributed by atoms with Gasteiger partial charge >= 0.3 is 0 Å². The summed E-state index contributed by atoms with van der Waals surface area (Å²) < 4.78 is 6.60. The molecule has 0 aromatic carbocycles. The number of furan rings is 1. The molecular weight excluding hydrogens is 276 g/mol. The van der Waals surface area contributed by atoms with E-state index in [9.17, 15) is 4.79 Å². The van der Waals surface area contributed by atoms with Crippen LogP contribution in [-0.4, -0.2) is 6.29 Å². The molecular formula is C7H4Br2O2. The molecule has 11 heavy (non-hydrogen) atoms. The van der Waals surface area contributed by atoms with Crippen molar-refractivity contribution < 1.29 is 9.21 Å². The number of rotatable bonds is 2. The van der Waals surface area contributed by atoms with E-state index in [1.165, 1.54) is 6.08 Å². The molecule has 0 fully saturated rings. The number of carbonyl (C=O) groups excluding carboxylic acids is 1. The molecule has 58 valence electrons. The number of carbonyl (C=O) groups is 1. The van der Waals surface area contributed by atoms with Crippen LogP contribution in [0.2, 0.25) is 0 Å². The van der Waals surface area contributed by atoms with Gasteiger partial charge in [0.2, 0.25) is 0 Å². The predicted molar refractivity (Wildman–Crippen MR) is 49.2 cm³/mol. The van der Waals surface area contributed by atoms with Crippen molar-refractivity contribution in [3.05, 3.63) is 27.0 Å². The fraction of sp³-hybridized carbons (Fsp3) is 0. The van der Waals surface area contributed by atoms with E-state index in [0.29, 0.717) is 16.7 Å². The molecule has 0 saturated heterocycles. The third-order valence-electron chi connectivity index (χ3n) is 1.00. The van der Waals surface area contributed by atoms with Crippen LogP contribution < -0.4 is 0 Å². The van der Waals surface area contributed by atoms with Gasteiger partial charge in [-0.3, -0.25) is 4.79 Å². The van der Waals surface area contributed by atoms with Crippen LogP contribution in [0.1, 0.15) is 5.76 Å². The van der Waals surface area contributed by atoms with Crippen molar-refractivity contribution >= 4 is 44.2 Å². The van der Waals surface area contributed by atoms with E-state index in [2.05, 4.69) is 31.9 Å². The first-order valence-electron chi connectivity index (χ1n) is 2.80. The average Bonchev–Trinajstić information content (AvgIpc) is 2.28. The van der Waals surface area contributed by atoms with Gasteiger partial charge in [0.25, 0.3) is 0 Å². The van der Waals surface area contributed by atoms with Crippen molar-refractivity contribution in [3.8, 4) is 0 Å². The maximum Gasteiger partial charge on any atom is 0.184 e.